The highest BCUT2D eigenvalue weighted by molar-refractivity contribution is 7.14. The normalized spacial score (nSPS) is 12.7. The van der Waals surface area contributed by atoms with E-state index >= 15 is 0 Å². The second-order valence-corrected chi connectivity index (χ2v) is 8.90. The summed E-state index contributed by atoms with van der Waals surface area (Å²) in [7, 11) is -2.90. The number of thiazole rings is 1. The summed E-state index contributed by atoms with van der Waals surface area (Å²) >= 11 is 0.472. The minimum absolute atomic E-state index is 0.356. The van der Waals surface area contributed by atoms with Crippen molar-refractivity contribution >= 4 is 28.9 Å². The molecule has 182 valence electrons. The number of hydrogen-bond donors (Lipinski definition) is 1. The molecule has 1 heterocycles. The molecule has 0 bridgehead atoms. The minimum atomic E-state index is -2.90. The molecule has 3 rings (SSSR count). The maximum Gasteiger partial charge on any atom is 0.351 e. The number of ether oxygens (including phenoxy) is 2. The molecule has 0 aliphatic rings. The lowest BCUT2D eigenvalue weighted by molar-refractivity contribution is 0.00732. The molecular weight excluding hydrogens is 490 g/mol. The summed E-state index contributed by atoms with van der Waals surface area (Å²) in [6.45, 7) is 4.58. The molecule has 2 aromatic carbocycles. The number of aromatic nitrogens is 1. The fraction of sp³-hybridized carbons (Fsp3) is 0.217. The van der Waals surface area contributed by atoms with Gasteiger partial charge in [-0.25, -0.2) is 27.3 Å². The topological polar surface area (TPSA) is 101 Å². The van der Waals surface area contributed by atoms with Gasteiger partial charge in [-0.3, -0.25) is 4.79 Å². The zero-order valence-electron chi connectivity index (χ0n) is 21.3. The molecule has 1 aromatic heterocycles. The third kappa shape index (κ3) is 5.25. The van der Waals surface area contributed by atoms with Crippen molar-refractivity contribution in [2.24, 2.45) is 0 Å². The number of anilines is 1. The molecule has 0 fully saturated rings. The van der Waals surface area contributed by atoms with Crippen LogP contribution in [0.1, 0.15) is 50.1 Å². The van der Waals surface area contributed by atoms with E-state index in [1.807, 2.05) is 0 Å². The van der Waals surface area contributed by atoms with E-state index in [-0.39, 0.29) is 10.8 Å². The Hall–Kier alpha value is -3.98. The van der Waals surface area contributed by atoms with E-state index in [9.17, 15) is 27.2 Å². The third-order valence-electron chi connectivity index (χ3n) is 4.26. The van der Waals surface area contributed by atoms with Crippen molar-refractivity contribution in [1.29, 1.82) is 5.26 Å². The second-order valence-electron chi connectivity index (χ2n) is 7.90. The van der Waals surface area contributed by atoms with Crippen molar-refractivity contribution in [3.05, 3.63) is 63.1 Å². The Labute approximate surface area is 205 Å². The lowest BCUT2D eigenvalue weighted by atomic mass is 10.0. The zero-order valence-corrected chi connectivity index (χ0v) is 19.1. The smallest absolute Gasteiger partial charge is 0.351 e. The molecular formula is C23H17F4N3O4S. The summed E-state index contributed by atoms with van der Waals surface area (Å²) in [5.41, 5.74) is -4.93. The van der Waals surface area contributed by atoms with E-state index in [0.717, 1.165) is 24.3 Å². The standard InChI is InChI=1S/C23H17F4N3O4S/c1-23(2,3)34-22(32)20-19(29-12(9-28)35-20)21(31)30-18-16(26)14(24)13(15(25)17(18)27)10-6-5-7-11(8-10)33-4/h5-8H,1-4H3,(H,30,31)/i4D3. The summed E-state index contributed by atoms with van der Waals surface area (Å²) in [6.07, 6.45) is 0. The van der Waals surface area contributed by atoms with E-state index < -0.39 is 75.2 Å². The van der Waals surface area contributed by atoms with Gasteiger partial charge in [0.15, 0.2) is 34.0 Å². The maximum atomic E-state index is 14.9. The Morgan fingerprint density at radius 2 is 1.80 bits per heavy atom. The van der Waals surface area contributed by atoms with Crippen LogP contribution in [0.2, 0.25) is 0 Å². The van der Waals surface area contributed by atoms with Gasteiger partial charge in [0.05, 0.1) is 16.7 Å². The summed E-state index contributed by atoms with van der Waals surface area (Å²) in [5, 5.41) is 10.4. The number of methoxy groups -OCH3 is 1. The molecule has 0 aliphatic heterocycles. The average molecular weight is 510 g/mol. The molecule has 12 heteroatoms. The molecule has 35 heavy (non-hydrogen) atoms. The zero-order chi connectivity index (χ0) is 28.6. The molecule has 1 N–H and O–H groups in total. The summed E-state index contributed by atoms with van der Waals surface area (Å²) in [4.78, 5) is 28.4. The molecule has 0 aliphatic carbocycles. The fourth-order valence-electron chi connectivity index (χ4n) is 2.87. The first-order valence-electron chi connectivity index (χ1n) is 11.1. The molecule has 0 atom stereocenters. The first-order valence-corrected chi connectivity index (χ1v) is 10.4. The van der Waals surface area contributed by atoms with E-state index in [0.29, 0.717) is 11.3 Å². The van der Waals surface area contributed by atoms with Crippen LogP contribution in [-0.4, -0.2) is 29.5 Å². The van der Waals surface area contributed by atoms with Crippen molar-refractivity contribution in [2.75, 3.05) is 12.4 Å². The van der Waals surface area contributed by atoms with Crippen LogP contribution in [-0.2, 0) is 4.74 Å². The maximum absolute atomic E-state index is 14.9. The SMILES string of the molecule is [2H]C([2H])([2H])Oc1cccc(-c2c(F)c(F)c(NC(=O)c3nc(C#N)sc3C(=O)OC(C)(C)C)c(F)c2F)c1. The van der Waals surface area contributed by atoms with Crippen LogP contribution in [0.3, 0.4) is 0 Å². The molecule has 0 saturated heterocycles. The fourth-order valence-corrected chi connectivity index (χ4v) is 3.60. The average Bonchev–Trinajstić information content (AvgIpc) is 3.24. The van der Waals surface area contributed by atoms with Gasteiger partial charge in [0.2, 0.25) is 0 Å². The van der Waals surface area contributed by atoms with E-state index in [4.69, 9.17) is 14.1 Å². The van der Waals surface area contributed by atoms with Crippen molar-refractivity contribution in [2.45, 2.75) is 26.4 Å². The molecule has 1 amide bonds. The minimum Gasteiger partial charge on any atom is -0.497 e. The van der Waals surface area contributed by atoms with Gasteiger partial charge in [0.25, 0.3) is 5.91 Å². The number of benzene rings is 2. The van der Waals surface area contributed by atoms with Crippen LogP contribution in [0.25, 0.3) is 11.1 Å². The molecule has 3 aromatic rings. The van der Waals surface area contributed by atoms with Gasteiger partial charge in [0.1, 0.15) is 28.0 Å². The Balaban J connectivity index is 2.03. The Morgan fingerprint density at radius 3 is 2.37 bits per heavy atom. The number of esters is 1. The quantitative estimate of drug-likeness (QED) is 0.278. The summed E-state index contributed by atoms with van der Waals surface area (Å²) < 4.78 is 90.8. The van der Waals surface area contributed by atoms with Crippen molar-refractivity contribution in [3.8, 4) is 22.9 Å². The van der Waals surface area contributed by atoms with Crippen molar-refractivity contribution in [3.63, 3.8) is 0 Å². The van der Waals surface area contributed by atoms with Crippen molar-refractivity contribution in [1.82, 2.24) is 4.98 Å². The van der Waals surface area contributed by atoms with Gasteiger partial charge in [-0.05, 0) is 38.5 Å². The van der Waals surface area contributed by atoms with E-state index in [1.165, 1.54) is 20.8 Å². The molecule has 0 unspecified atom stereocenters. The number of amides is 1. The van der Waals surface area contributed by atoms with E-state index in [2.05, 4.69) is 9.72 Å². The van der Waals surface area contributed by atoms with Crippen LogP contribution in [0.5, 0.6) is 5.75 Å². The van der Waals surface area contributed by atoms with Crippen LogP contribution in [0, 0.1) is 34.6 Å². The Bertz CT molecular complexity index is 1450. The number of nitrogens with one attached hydrogen (secondary N) is 1. The van der Waals surface area contributed by atoms with Gasteiger partial charge < -0.3 is 14.8 Å². The highest BCUT2D eigenvalue weighted by Gasteiger charge is 2.31. The number of carbonyl (C=O) groups excluding carboxylic acids is 2. The highest BCUT2D eigenvalue weighted by Crippen LogP contribution is 2.36. The molecule has 0 spiro atoms. The van der Waals surface area contributed by atoms with Gasteiger partial charge in [-0.15, -0.1) is 0 Å². The lowest BCUT2D eigenvalue weighted by Crippen LogP contribution is -2.25. The second kappa shape index (κ2) is 9.71. The Kier molecular flexibility index (Phi) is 5.98. The van der Waals surface area contributed by atoms with Crippen LogP contribution in [0.4, 0.5) is 23.2 Å². The predicted molar refractivity (Wildman–Crippen MR) is 118 cm³/mol. The third-order valence-corrected chi connectivity index (χ3v) is 5.20. The largest absolute Gasteiger partial charge is 0.497 e. The number of hydrogen-bond acceptors (Lipinski definition) is 7. The summed E-state index contributed by atoms with van der Waals surface area (Å²) in [6, 6.07) is 5.82. The van der Waals surface area contributed by atoms with Crippen LogP contribution in [0.15, 0.2) is 24.3 Å². The molecule has 0 saturated carbocycles. The highest BCUT2D eigenvalue weighted by atomic mass is 32.1. The van der Waals surface area contributed by atoms with E-state index in [1.54, 1.807) is 11.4 Å². The number of nitriles is 1. The first-order chi connectivity index (χ1) is 17.5. The number of carbonyl (C=O) groups is 2. The number of nitrogens with zero attached hydrogens (tertiary/aromatic N) is 2. The van der Waals surface area contributed by atoms with Gasteiger partial charge in [0, 0.05) is 0 Å². The number of halogens is 4. The van der Waals surface area contributed by atoms with Crippen molar-refractivity contribution < 1.29 is 40.7 Å². The van der Waals surface area contributed by atoms with Gasteiger partial charge in [-0.1, -0.05) is 23.5 Å². The van der Waals surface area contributed by atoms with Gasteiger partial charge >= 0.3 is 5.97 Å². The first kappa shape index (κ1) is 21.5. The summed E-state index contributed by atoms with van der Waals surface area (Å²) in [5.74, 6) is -10.7. The van der Waals surface area contributed by atoms with Gasteiger partial charge in [-0.2, -0.15) is 5.26 Å². The molecule has 7 nitrogen and oxygen atoms in total. The predicted octanol–water partition coefficient (Wildman–Crippen LogP) is 5.45. The Morgan fingerprint density at radius 1 is 1.14 bits per heavy atom. The lowest BCUT2D eigenvalue weighted by Gasteiger charge is -2.19. The van der Waals surface area contributed by atoms with Crippen LogP contribution < -0.4 is 10.1 Å². The molecule has 0 radical (unpaired) electrons. The number of rotatable bonds is 5. The van der Waals surface area contributed by atoms with Crippen LogP contribution >= 0.6 is 11.3 Å². The monoisotopic (exact) mass is 510 g/mol.